The molecule has 0 aliphatic heterocycles. The van der Waals surface area contributed by atoms with Gasteiger partial charge in [0.15, 0.2) is 0 Å². The average molecular weight is 302 g/mol. The second-order valence-corrected chi connectivity index (χ2v) is 5.00. The first-order valence-electron chi connectivity index (χ1n) is 6.79. The highest BCUT2D eigenvalue weighted by atomic mass is 35.5. The van der Waals surface area contributed by atoms with Crippen LogP contribution in [0.3, 0.4) is 0 Å². The molecule has 0 aliphatic rings. The van der Waals surface area contributed by atoms with Gasteiger partial charge in [-0.05, 0) is 24.1 Å². The Kier molecular flexibility index (Phi) is 4.18. The molecule has 0 saturated heterocycles. The summed E-state index contributed by atoms with van der Waals surface area (Å²) in [7, 11) is 1.71. The number of imidazole rings is 1. The van der Waals surface area contributed by atoms with Gasteiger partial charge in [0.25, 0.3) is 0 Å². The number of ether oxygens (including phenoxy) is 1. The quantitative estimate of drug-likeness (QED) is 0.679. The van der Waals surface area contributed by atoms with Crippen LogP contribution in [0.1, 0.15) is 11.4 Å². The van der Waals surface area contributed by atoms with Crippen LogP contribution in [-0.2, 0) is 17.0 Å². The summed E-state index contributed by atoms with van der Waals surface area (Å²) >= 11 is 6.08. The number of hydrogen-bond acceptors (Lipinski definition) is 3. The molecule has 0 fully saturated rings. The summed E-state index contributed by atoms with van der Waals surface area (Å²) in [6.07, 6.45) is 4.38. The van der Waals surface area contributed by atoms with Crippen LogP contribution in [-0.4, -0.2) is 28.3 Å². The molecule has 0 saturated carbocycles. The van der Waals surface area contributed by atoms with Gasteiger partial charge in [-0.1, -0.05) is 18.2 Å². The van der Waals surface area contributed by atoms with Crippen LogP contribution in [0.25, 0.3) is 16.7 Å². The molecule has 0 atom stereocenters. The number of aromatic nitrogens is 3. The van der Waals surface area contributed by atoms with Gasteiger partial charge in [0.1, 0.15) is 11.3 Å². The summed E-state index contributed by atoms with van der Waals surface area (Å²) in [5.74, 6) is 1.18. The van der Waals surface area contributed by atoms with E-state index >= 15 is 0 Å². The molecule has 2 heterocycles. The monoisotopic (exact) mass is 301 g/mol. The van der Waals surface area contributed by atoms with Crippen LogP contribution in [0.2, 0.25) is 0 Å². The Bertz CT molecular complexity index is 754. The SMILES string of the molecule is COCCc1ccccc1-n1c(CCl)nc2cnccc21. The number of pyridine rings is 1. The minimum absolute atomic E-state index is 0.354. The van der Waals surface area contributed by atoms with Crippen LogP contribution in [0.5, 0.6) is 0 Å². The van der Waals surface area contributed by atoms with E-state index in [1.54, 1.807) is 19.5 Å². The van der Waals surface area contributed by atoms with Crippen LogP contribution in [0, 0.1) is 0 Å². The molecule has 3 rings (SSSR count). The molecule has 0 spiro atoms. The molecular formula is C16H16ClN3O. The first-order chi connectivity index (χ1) is 10.3. The molecule has 108 valence electrons. The van der Waals surface area contributed by atoms with Crippen molar-refractivity contribution in [2.75, 3.05) is 13.7 Å². The fourth-order valence-electron chi connectivity index (χ4n) is 2.49. The molecule has 21 heavy (non-hydrogen) atoms. The minimum atomic E-state index is 0.354. The maximum absolute atomic E-state index is 6.08. The Morgan fingerprint density at radius 1 is 1.24 bits per heavy atom. The minimum Gasteiger partial charge on any atom is -0.384 e. The first-order valence-corrected chi connectivity index (χ1v) is 7.33. The number of fused-ring (bicyclic) bond motifs is 1. The van der Waals surface area contributed by atoms with Gasteiger partial charge in [0, 0.05) is 13.3 Å². The number of benzene rings is 1. The highest BCUT2D eigenvalue weighted by Gasteiger charge is 2.14. The van der Waals surface area contributed by atoms with Crippen LogP contribution < -0.4 is 0 Å². The van der Waals surface area contributed by atoms with Gasteiger partial charge in [0.2, 0.25) is 0 Å². The number of para-hydroxylation sites is 1. The van der Waals surface area contributed by atoms with Crippen molar-refractivity contribution < 1.29 is 4.74 Å². The van der Waals surface area contributed by atoms with Crippen molar-refractivity contribution in [3.8, 4) is 5.69 Å². The fraction of sp³-hybridized carbons (Fsp3) is 0.250. The number of methoxy groups -OCH3 is 1. The third-order valence-corrected chi connectivity index (χ3v) is 3.69. The fourth-order valence-corrected chi connectivity index (χ4v) is 2.67. The molecule has 5 heteroatoms. The van der Waals surface area contributed by atoms with E-state index in [1.807, 2.05) is 18.2 Å². The lowest BCUT2D eigenvalue weighted by Gasteiger charge is -2.13. The Balaban J connectivity index is 2.20. The normalized spacial score (nSPS) is 11.1. The van der Waals surface area contributed by atoms with E-state index in [2.05, 4.69) is 26.7 Å². The van der Waals surface area contributed by atoms with E-state index in [-0.39, 0.29) is 0 Å². The maximum atomic E-state index is 6.08. The number of rotatable bonds is 5. The Labute approximate surface area is 128 Å². The lowest BCUT2D eigenvalue weighted by atomic mass is 10.1. The van der Waals surface area contributed by atoms with Crippen LogP contribution in [0.15, 0.2) is 42.7 Å². The second kappa shape index (κ2) is 6.24. The summed E-state index contributed by atoms with van der Waals surface area (Å²) in [6.45, 7) is 0.682. The molecule has 0 aliphatic carbocycles. The maximum Gasteiger partial charge on any atom is 0.129 e. The van der Waals surface area contributed by atoms with E-state index in [4.69, 9.17) is 16.3 Å². The van der Waals surface area contributed by atoms with E-state index in [9.17, 15) is 0 Å². The average Bonchev–Trinajstić information content (AvgIpc) is 2.91. The number of alkyl halides is 1. The van der Waals surface area contributed by atoms with Crippen molar-refractivity contribution in [2.24, 2.45) is 0 Å². The summed E-state index contributed by atoms with van der Waals surface area (Å²) in [5, 5.41) is 0. The number of nitrogens with zero attached hydrogens (tertiary/aromatic N) is 3. The van der Waals surface area contributed by atoms with Crippen molar-refractivity contribution in [2.45, 2.75) is 12.3 Å². The topological polar surface area (TPSA) is 39.9 Å². The Hall–Kier alpha value is -1.91. The van der Waals surface area contributed by atoms with Gasteiger partial charge in [-0.3, -0.25) is 9.55 Å². The molecule has 0 unspecified atom stereocenters. The van der Waals surface area contributed by atoms with Crippen molar-refractivity contribution in [1.82, 2.24) is 14.5 Å². The summed E-state index contributed by atoms with van der Waals surface area (Å²) in [6, 6.07) is 10.2. The number of hydrogen-bond donors (Lipinski definition) is 0. The second-order valence-electron chi connectivity index (χ2n) is 4.73. The van der Waals surface area contributed by atoms with Gasteiger partial charge >= 0.3 is 0 Å². The molecule has 0 amide bonds. The summed E-state index contributed by atoms with van der Waals surface area (Å²) < 4.78 is 7.31. The van der Waals surface area contributed by atoms with Crippen LogP contribution >= 0.6 is 11.6 Å². The smallest absolute Gasteiger partial charge is 0.129 e. The van der Waals surface area contributed by atoms with Crippen molar-refractivity contribution in [3.63, 3.8) is 0 Å². The molecule has 1 aromatic carbocycles. The standard InChI is InChI=1S/C16H16ClN3O/c1-21-9-7-12-4-2-3-5-14(12)20-15-6-8-18-11-13(15)19-16(20)10-17/h2-6,8,11H,7,9-10H2,1H3. The van der Waals surface area contributed by atoms with Gasteiger partial charge in [-0.15, -0.1) is 11.6 Å². The predicted octanol–water partition coefficient (Wildman–Crippen LogP) is 3.35. The molecular weight excluding hydrogens is 286 g/mol. The largest absolute Gasteiger partial charge is 0.384 e. The zero-order valence-corrected chi connectivity index (χ0v) is 12.5. The third kappa shape index (κ3) is 2.64. The molecule has 0 radical (unpaired) electrons. The molecule has 4 nitrogen and oxygen atoms in total. The highest BCUT2D eigenvalue weighted by molar-refractivity contribution is 6.17. The number of halogens is 1. The Morgan fingerprint density at radius 3 is 2.90 bits per heavy atom. The first kappa shape index (κ1) is 14.0. The van der Waals surface area contributed by atoms with Crippen molar-refractivity contribution in [1.29, 1.82) is 0 Å². The van der Waals surface area contributed by atoms with Gasteiger partial charge in [0.05, 0.1) is 29.9 Å². The van der Waals surface area contributed by atoms with E-state index in [0.29, 0.717) is 12.5 Å². The van der Waals surface area contributed by atoms with Gasteiger partial charge in [-0.2, -0.15) is 0 Å². The predicted molar refractivity (Wildman–Crippen MR) is 84.0 cm³/mol. The summed E-state index contributed by atoms with van der Waals surface area (Å²) in [5.41, 5.74) is 4.18. The molecule has 0 bridgehead atoms. The van der Waals surface area contributed by atoms with E-state index < -0.39 is 0 Å². The summed E-state index contributed by atoms with van der Waals surface area (Å²) in [4.78, 5) is 8.69. The lowest BCUT2D eigenvalue weighted by Crippen LogP contribution is -2.05. The van der Waals surface area contributed by atoms with E-state index in [1.165, 1.54) is 5.56 Å². The zero-order valence-electron chi connectivity index (χ0n) is 11.8. The van der Waals surface area contributed by atoms with E-state index in [0.717, 1.165) is 29.0 Å². The molecule has 0 N–H and O–H groups in total. The van der Waals surface area contributed by atoms with Crippen LogP contribution in [0.4, 0.5) is 0 Å². The van der Waals surface area contributed by atoms with Gasteiger partial charge < -0.3 is 4.74 Å². The third-order valence-electron chi connectivity index (χ3n) is 3.45. The van der Waals surface area contributed by atoms with Crippen molar-refractivity contribution >= 4 is 22.6 Å². The van der Waals surface area contributed by atoms with Gasteiger partial charge in [-0.25, -0.2) is 4.98 Å². The zero-order chi connectivity index (χ0) is 14.7. The lowest BCUT2D eigenvalue weighted by molar-refractivity contribution is 0.202. The molecule has 3 aromatic rings. The Morgan fingerprint density at radius 2 is 2.10 bits per heavy atom. The molecule has 2 aromatic heterocycles. The van der Waals surface area contributed by atoms with Crippen molar-refractivity contribution in [3.05, 3.63) is 54.1 Å². The highest BCUT2D eigenvalue weighted by Crippen LogP contribution is 2.24.